The Balaban J connectivity index is 1.66. The molecule has 1 aliphatic heterocycles. The lowest BCUT2D eigenvalue weighted by Gasteiger charge is -2.13. The van der Waals surface area contributed by atoms with Crippen LogP contribution in [0.2, 0.25) is 0 Å². The SMILES string of the molecule is O=C(Nc1ccc2c(c1)C(=O)N(c1ccccc1)C2=O)C1CC1. The van der Waals surface area contributed by atoms with Crippen LogP contribution < -0.4 is 10.2 Å². The molecule has 1 fully saturated rings. The number of carbonyl (C=O) groups is 3. The topological polar surface area (TPSA) is 66.5 Å². The first-order valence-electron chi connectivity index (χ1n) is 7.54. The number of anilines is 2. The number of fused-ring (bicyclic) bond motifs is 1. The zero-order chi connectivity index (χ0) is 16.0. The maximum Gasteiger partial charge on any atom is 0.266 e. The summed E-state index contributed by atoms with van der Waals surface area (Å²) in [7, 11) is 0. The number of para-hydroxylation sites is 1. The molecule has 0 aromatic heterocycles. The van der Waals surface area contributed by atoms with Gasteiger partial charge in [-0.15, -0.1) is 0 Å². The maximum atomic E-state index is 12.6. The number of benzene rings is 2. The smallest absolute Gasteiger partial charge is 0.266 e. The number of hydrogen-bond donors (Lipinski definition) is 1. The van der Waals surface area contributed by atoms with Gasteiger partial charge in [0, 0.05) is 11.6 Å². The van der Waals surface area contributed by atoms with Crippen molar-refractivity contribution in [1.82, 2.24) is 0 Å². The number of nitrogens with one attached hydrogen (secondary N) is 1. The minimum Gasteiger partial charge on any atom is -0.326 e. The summed E-state index contributed by atoms with van der Waals surface area (Å²) in [5, 5.41) is 2.80. The number of imide groups is 1. The van der Waals surface area contributed by atoms with Gasteiger partial charge in [0.05, 0.1) is 16.8 Å². The Kier molecular flexibility index (Phi) is 3.01. The first kappa shape index (κ1) is 13.7. The molecule has 1 aliphatic carbocycles. The van der Waals surface area contributed by atoms with Crippen molar-refractivity contribution in [2.75, 3.05) is 10.2 Å². The number of amides is 3. The minimum atomic E-state index is -0.362. The molecule has 4 rings (SSSR count). The fourth-order valence-electron chi connectivity index (χ4n) is 2.72. The van der Waals surface area contributed by atoms with E-state index in [0.29, 0.717) is 22.5 Å². The van der Waals surface area contributed by atoms with Crippen LogP contribution in [0.5, 0.6) is 0 Å². The third kappa shape index (κ3) is 2.30. The molecule has 114 valence electrons. The van der Waals surface area contributed by atoms with Gasteiger partial charge >= 0.3 is 0 Å². The second kappa shape index (κ2) is 5.05. The highest BCUT2D eigenvalue weighted by Gasteiger charge is 2.37. The van der Waals surface area contributed by atoms with E-state index in [1.807, 2.05) is 6.07 Å². The molecule has 1 saturated carbocycles. The maximum absolute atomic E-state index is 12.6. The van der Waals surface area contributed by atoms with Gasteiger partial charge in [-0.2, -0.15) is 0 Å². The van der Waals surface area contributed by atoms with Gasteiger partial charge < -0.3 is 5.32 Å². The molecule has 0 saturated heterocycles. The highest BCUT2D eigenvalue weighted by atomic mass is 16.2. The van der Waals surface area contributed by atoms with Crippen LogP contribution >= 0.6 is 0 Å². The van der Waals surface area contributed by atoms with E-state index in [1.165, 1.54) is 0 Å². The van der Waals surface area contributed by atoms with Gasteiger partial charge in [-0.1, -0.05) is 18.2 Å². The third-order valence-corrected chi connectivity index (χ3v) is 4.12. The molecule has 0 unspecified atom stereocenters. The molecule has 0 radical (unpaired) electrons. The van der Waals surface area contributed by atoms with E-state index in [4.69, 9.17) is 0 Å². The lowest BCUT2D eigenvalue weighted by Crippen LogP contribution is -2.29. The summed E-state index contributed by atoms with van der Waals surface area (Å²) in [5.41, 5.74) is 1.79. The van der Waals surface area contributed by atoms with E-state index in [1.54, 1.807) is 42.5 Å². The van der Waals surface area contributed by atoms with E-state index >= 15 is 0 Å². The third-order valence-electron chi connectivity index (χ3n) is 4.12. The molecule has 2 aliphatic rings. The van der Waals surface area contributed by atoms with Crippen LogP contribution in [0.3, 0.4) is 0 Å². The largest absolute Gasteiger partial charge is 0.326 e. The van der Waals surface area contributed by atoms with E-state index in [-0.39, 0.29) is 23.6 Å². The summed E-state index contributed by atoms with van der Waals surface area (Å²) in [6, 6.07) is 13.7. The molecule has 0 spiro atoms. The van der Waals surface area contributed by atoms with Crippen molar-refractivity contribution in [2.45, 2.75) is 12.8 Å². The van der Waals surface area contributed by atoms with E-state index in [9.17, 15) is 14.4 Å². The van der Waals surface area contributed by atoms with Crippen LogP contribution in [0.4, 0.5) is 11.4 Å². The lowest BCUT2D eigenvalue weighted by atomic mass is 10.1. The van der Waals surface area contributed by atoms with Crippen molar-refractivity contribution in [3.63, 3.8) is 0 Å². The first-order chi connectivity index (χ1) is 11.1. The Labute approximate surface area is 132 Å². The monoisotopic (exact) mass is 306 g/mol. The quantitative estimate of drug-likeness (QED) is 0.887. The molecule has 0 bridgehead atoms. The molecule has 23 heavy (non-hydrogen) atoms. The van der Waals surface area contributed by atoms with Crippen molar-refractivity contribution < 1.29 is 14.4 Å². The zero-order valence-corrected chi connectivity index (χ0v) is 12.3. The second-order valence-corrected chi connectivity index (χ2v) is 5.81. The van der Waals surface area contributed by atoms with Gasteiger partial charge in [-0.3, -0.25) is 14.4 Å². The van der Waals surface area contributed by atoms with Gasteiger partial charge in [0.15, 0.2) is 0 Å². The fourth-order valence-corrected chi connectivity index (χ4v) is 2.72. The van der Waals surface area contributed by atoms with Crippen LogP contribution in [0, 0.1) is 5.92 Å². The Hall–Kier alpha value is -2.95. The van der Waals surface area contributed by atoms with E-state index in [0.717, 1.165) is 17.7 Å². The van der Waals surface area contributed by atoms with Crippen LogP contribution in [0.15, 0.2) is 48.5 Å². The Morgan fingerprint density at radius 2 is 1.65 bits per heavy atom. The van der Waals surface area contributed by atoms with Crippen LogP contribution in [-0.2, 0) is 4.79 Å². The Bertz CT molecular complexity index is 825. The summed E-state index contributed by atoms with van der Waals surface area (Å²) in [6.07, 6.45) is 1.83. The highest BCUT2D eigenvalue weighted by Crippen LogP contribution is 2.32. The first-order valence-corrected chi connectivity index (χ1v) is 7.54. The average Bonchev–Trinajstić information content (AvgIpc) is 3.37. The van der Waals surface area contributed by atoms with Gasteiger partial charge in [0.25, 0.3) is 11.8 Å². The van der Waals surface area contributed by atoms with Crippen molar-refractivity contribution in [3.05, 3.63) is 59.7 Å². The van der Waals surface area contributed by atoms with Gasteiger partial charge in [-0.05, 0) is 43.2 Å². The van der Waals surface area contributed by atoms with Crippen LogP contribution in [0.1, 0.15) is 33.6 Å². The fraction of sp³-hybridized carbons (Fsp3) is 0.167. The molecule has 2 aromatic carbocycles. The van der Waals surface area contributed by atoms with E-state index in [2.05, 4.69) is 5.32 Å². The Morgan fingerprint density at radius 1 is 0.957 bits per heavy atom. The summed E-state index contributed by atoms with van der Waals surface area (Å²) >= 11 is 0. The molecule has 5 nitrogen and oxygen atoms in total. The normalized spacial score (nSPS) is 16.4. The van der Waals surface area contributed by atoms with Crippen LogP contribution in [0.25, 0.3) is 0 Å². The number of rotatable bonds is 3. The van der Waals surface area contributed by atoms with Gasteiger partial charge in [-0.25, -0.2) is 4.90 Å². The summed E-state index contributed by atoms with van der Waals surface area (Å²) in [5.74, 6) is -0.641. The molecule has 1 heterocycles. The molecule has 0 atom stereocenters. The molecule has 3 amide bonds. The standard InChI is InChI=1S/C18H14N2O3/c21-16(11-6-7-11)19-12-8-9-14-15(10-12)18(23)20(17(14)22)13-4-2-1-3-5-13/h1-5,8-11H,6-7H2,(H,19,21). The molecule has 1 N–H and O–H groups in total. The predicted molar refractivity (Wildman–Crippen MR) is 85.4 cm³/mol. The molecule has 5 heteroatoms. The van der Waals surface area contributed by atoms with Gasteiger partial charge in [0.1, 0.15) is 0 Å². The summed E-state index contributed by atoms with van der Waals surface area (Å²) in [4.78, 5) is 38.1. The highest BCUT2D eigenvalue weighted by molar-refractivity contribution is 6.34. The Morgan fingerprint density at radius 3 is 2.35 bits per heavy atom. The number of carbonyl (C=O) groups excluding carboxylic acids is 3. The average molecular weight is 306 g/mol. The van der Waals surface area contributed by atoms with Gasteiger partial charge in [0.2, 0.25) is 5.91 Å². The van der Waals surface area contributed by atoms with Crippen molar-refractivity contribution in [1.29, 1.82) is 0 Å². The number of hydrogen-bond acceptors (Lipinski definition) is 3. The van der Waals surface area contributed by atoms with E-state index < -0.39 is 0 Å². The molecule has 2 aromatic rings. The van der Waals surface area contributed by atoms with Crippen LogP contribution in [-0.4, -0.2) is 17.7 Å². The summed E-state index contributed by atoms with van der Waals surface area (Å²) < 4.78 is 0. The molecular formula is C18H14N2O3. The molecular weight excluding hydrogens is 292 g/mol. The van der Waals surface area contributed by atoms with Crippen molar-refractivity contribution >= 4 is 29.1 Å². The minimum absolute atomic E-state index is 0.0263. The van der Waals surface area contributed by atoms with Crippen molar-refractivity contribution in [2.24, 2.45) is 5.92 Å². The lowest BCUT2D eigenvalue weighted by molar-refractivity contribution is -0.117. The zero-order valence-electron chi connectivity index (χ0n) is 12.3. The van der Waals surface area contributed by atoms with Crippen molar-refractivity contribution in [3.8, 4) is 0 Å². The second-order valence-electron chi connectivity index (χ2n) is 5.81. The number of nitrogens with zero attached hydrogens (tertiary/aromatic N) is 1. The summed E-state index contributed by atoms with van der Waals surface area (Å²) in [6.45, 7) is 0. The predicted octanol–water partition coefficient (Wildman–Crippen LogP) is 2.84.